The van der Waals surface area contributed by atoms with Crippen molar-refractivity contribution in [2.45, 2.75) is 31.7 Å². The van der Waals surface area contributed by atoms with Crippen molar-refractivity contribution in [2.24, 2.45) is 0 Å². The summed E-state index contributed by atoms with van der Waals surface area (Å²) >= 11 is 0. The third kappa shape index (κ3) is 3.67. The molecule has 2 fully saturated rings. The van der Waals surface area contributed by atoms with Crippen molar-refractivity contribution in [3.8, 4) is 5.75 Å². The summed E-state index contributed by atoms with van der Waals surface area (Å²) in [6.45, 7) is 2.18. The van der Waals surface area contributed by atoms with Crippen LogP contribution in [0.25, 0.3) is 0 Å². The molecule has 6 nitrogen and oxygen atoms in total. The highest BCUT2D eigenvalue weighted by atomic mass is 16.5. The third-order valence-corrected chi connectivity index (χ3v) is 5.47. The summed E-state index contributed by atoms with van der Waals surface area (Å²) in [4.78, 5) is 29.2. The van der Waals surface area contributed by atoms with Gasteiger partial charge in [-0.15, -0.1) is 0 Å². The summed E-state index contributed by atoms with van der Waals surface area (Å²) in [7, 11) is 1.60. The summed E-state index contributed by atoms with van der Waals surface area (Å²) in [5.74, 6) is 0.528. The van der Waals surface area contributed by atoms with Crippen LogP contribution < -0.4 is 19.9 Å². The lowest BCUT2D eigenvalue weighted by molar-refractivity contribution is -0.120. The first-order valence-electron chi connectivity index (χ1n) is 9.78. The van der Waals surface area contributed by atoms with Crippen molar-refractivity contribution in [3.05, 3.63) is 48.5 Å². The normalized spacial score (nSPS) is 19.2. The Morgan fingerprint density at radius 1 is 1.00 bits per heavy atom. The largest absolute Gasteiger partial charge is 0.497 e. The van der Waals surface area contributed by atoms with Crippen molar-refractivity contribution < 1.29 is 14.3 Å². The zero-order valence-corrected chi connectivity index (χ0v) is 16.1. The minimum atomic E-state index is -0.501. The van der Waals surface area contributed by atoms with Crippen LogP contribution in [0.4, 0.5) is 17.1 Å². The molecule has 2 aliphatic heterocycles. The summed E-state index contributed by atoms with van der Waals surface area (Å²) in [6, 6.07) is 14.7. The molecule has 0 bridgehead atoms. The SMILES string of the molecule is COc1ccc(N2C(=O)CCC2C(=O)Nc2ccc(N3CCCC3)cc2)cc1. The zero-order chi connectivity index (χ0) is 19.5. The molecule has 2 aromatic carbocycles. The van der Waals surface area contributed by atoms with Crippen LogP contribution in [-0.2, 0) is 9.59 Å². The molecule has 4 rings (SSSR count). The quantitative estimate of drug-likeness (QED) is 0.865. The van der Waals surface area contributed by atoms with Crippen molar-refractivity contribution in [2.75, 3.05) is 35.3 Å². The molecule has 0 aromatic heterocycles. The van der Waals surface area contributed by atoms with Crippen LogP contribution >= 0.6 is 0 Å². The number of amides is 2. The molecule has 2 amide bonds. The van der Waals surface area contributed by atoms with Gasteiger partial charge in [0.15, 0.2) is 0 Å². The Labute approximate surface area is 165 Å². The van der Waals surface area contributed by atoms with Gasteiger partial charge in [0.05, 0.1) is 7.11 Å². The minimum absolute atomic E-state index is 0.0327. The van der Waals surface area contributed by atoms with E-state index in [9.17, 15) is 9.59 Å². The van der Waals surface area contributed by atoms with E-state index in [1.165, 1.54) is 18.5 Å². The first-order valence-corrected chi connectivity index (χ1v) is 9.78. The number of carbonyl (C=O) groups is 2. The number of anilines is 3. The summed E-state index contributed by atoms with van der Waals surface area (Å²) in [5.41, 5.74) is 2.65. The maximum Gasteiger partial charge on any atom is 0.247 e. The van der Waals surface area contributed by atoms with Crippen LogP contribution in [0.3, 0.4) is 0 Å². The molecule has 6 heteroatoms. The van der Waals surface area contributed by atoms with Gasteiger partial charge in [-0.2, -0.15) is 0 Å². The number of carbonyl (C=O) groups excluding carboxylic acids is 2. The van der Waals surface area contributed by atoms with Gasteiger partial charge in [-0.05, 0) is 67.8 Å². The third-order valence-electron chi connectivity index (χ3n) is 5.47. The zero-order valence-electron chi connectivity index (χ0n) is 16.1. The Balaban J connectivity index is 1.46. The lowest BCUT2D eigenvalue weighted by atomic mass is 10.1. The second-order valence-corrected chi connectivity index (χ2v) is 7.25. The number of methoxy groups -OCH3 is 1. The Morgan fingerprint density at radius 3 is 2.29 bits per heavy atom. The predicted octanol–water partition coefficient (Wildman–Crippen LogP) is 3.43. The number of hydrogen-bond acceptors (Lipinski definition) is 4. The van der Waals surface area contributed by atoms with Crippen LogP contribution in [0.5, 0.6) is 5.75 Å². The lowest BCUT2D eigenvalue weighted by Crippen LogP contribution is -2.41. The number of ether oxygens (including phenoxy) is 1. The standard InChI is InChI=1S/C22H25N3O3/c1-28-19-10-8-18(9-11-19)25-20(12-13-21(25)26)22(27)23-16-4-6-17(7-5-16)24-14-2-3-15-24/h4-11,20H,2-3,12-15H2,1H3,(H,23,27). The molecule has 1 N–H and O–H groups in total. The molecular formula is C22H25N3O3. The van der Waals surface area contributed by atoms with Crippen LogP contribution in [0.2, 0.25) is 0 Å². The van der Waals surface area contributed by atoms with Crippen molar-refractivity contribution >= 4 is 28.9 Å². The highest BCUT2D eigenvalue weighted by Crippen LogP contribution is 2.29. The predicted molar refractivity (Wildman–Crippen MR) is 110 cm³/mol. The number of benzene rings is 2. The smallest absolute Gasteiger partial charge is 0.247 e. The van der Waals surface area contributed by atoms with Gasteiger partial charge in [0.25, 0.3) is 0 Å². The molecule has 2 aliphatic rings. The Bertz CT molecular complexity index is 842. The van der Waals surface area contributed by atoms with E-state index in [0.29, 0.717) is 18.5 Å². The van der Waals surface area contributed by atoms with Crippen LogP contribution in [0, 0.1) is 0 Å². The molecule has 0 aliphatic carbocycles. The van der Waals surface area contributed by atoms with E-state index >= 15 is 0 Å². The molecule has 2 heterocycles. The van der Waals surface area contributed by atoms with Gasteiger partial charge < -0.3 is 15.0 Å². The maximum absolute atomic E-state index is 12.9. The number of nitrogens with one attached hydrogen (secondary N) is 1. The fourth-order valence-corrected chi connectivity index (χ4v) is 3.96. The molecule has 2 saturated heterocycles. The second-order valence-electron chi connectivity index (χ2n) is 7.25. The molecule has 0 radical (unpaired) electrons. The maximum atomic E-state index is 12.9. The Hall–Kier alpha value is -3.02. The molecule has 1 unspecified atom stereocenters. The van der Waals surface area contributed by atoms with E-state index in [-0.39, 0.29) is 11.8 Å². The van der Waals surface area contributed by atoms with Gasteiger partial charge in [-0.1, -0.05) is 0 Å². The molecular weight excluding hydrogens is 354 g/mol. The first kappa shape index (κ1) is 18.3. The van der Waals surface area contributed by atoms with Crippen LogP contribution in [0.1, 0.15) is 25.7 Å². The fraction of sp³-hybridized carbons (Fsp3) is 0.364. The van der Waals surface area contributed by atoms with Gasteiger partial charge in [-0.25, -0.2) is 0 Å². The Kier molecular flexibility index (Phi) is 5.19. The fourth-order valence-electron chi connectivity index (χ4n) is 3.96. The van der Waals surface area contributed by atoms with Gasteiger partial charge in [0.1, 0.15) is 11.8 Å². The van der Waals surface area contributed by atoms with E-state index in [4.69, 9.17) is 4.74 Å². The lowest BCUT2D eigenvalue weighted by Gasteiger charge is -2.24. The molecule has 146 valence electrons. The average Bonchev–Trinajstić information content (AvgIpc) is 3.39. The topological polar surface area (TPSA) is 61.9 Å². The van der Waals surface area contributed by atoms with Crippen molar-refractivity contribution in [3.63, 3.8) is 0 Å². The number of nitrogens with zero attached hydrogens (tertiary/aromatic N) is 2. The van der Waals surface area contributed by atoms with Gasteiger partial charge in [-0.3, -0.25) is 14.5 Å². The van der Waals surface area contributed by atoms with Crippen molar-refractivity contribution in [1.82, 2.24) is 0 Å². The highest BCUT2D eigenvalue weighted by molar-refractivity contribution is 6.07. The van der Waals surface area contributed by atoms with E-state index in [1.807, 2.05) is 36.4 Å². The molecule has 0 spiro atoms. The second kappa shape index (κ2) is 7.92. The molecule has 1 atom stereocenters. The first-order chi connectivity index (χ1) is 13.7. The molecule has 2 aromatic rings. The van der Waals surface area contributed by atoms with E-state index < -0.39 is 6.04 Å². The Morgan fingerprint density at radius 2 is 1.64 bits per heavy atom. The van der Waals surface area contributed by atoms with Crippen LogP contribution in [-0.4, -0.2) is 38.1 Å². The minimum Gasteiger partial charge on any atom is -0.497 e. The molecule has 28 heavy (non-hydrogen) atoms. The average molecular weight is 379 g/mol. The van der Waals surface area contributed by atoms with E-state index in [2.05, 4.69) is 10.2 Å². The van der Waals surface area contributed by atoms with Crippen molar-refractivity contribution in [1.29, 1.82) is 0 Å². The monoisotopic (exact) mass is 379 g/mol. The number of rotatable bonds is 5. The van der Waals surface area contributed by atoms with Gasteiger partial charge in [0, 0.05) is 36.6 Å². The summed E-state index contributed by atoms with van der Waals surface area (Å²) in [6.07, 6.45) is 3.35. The van der Waals surface area contributed by atoms with E-state index in [1.54, 1.807) is 24.1 Å². The number of hydrogen-bond donors (Lipinski definition) is 1. The van der Waals surface area contributed by atoms with Gasteiger partial charge in [0.2, 0.25) is 11.8 Å². The molecule has 0 saturated carbocycles. The summed E-state index contributed by atoms with van der Waals surface area (Å²) < 4.78 is 5.17. The van der Waals surface area contributed by atoms with Gasteiger partial charge >= 0.3 is 0 Å². The van der Waals surface area contributed by atoms with E-state index in [0.717, 1.165) is 24.5 Å². The van der Waals surface area contributed by atoms with Crippen LogP contribution in [0.15, 0.2) is 48.5 Å². The summed E-state index contributed by atoms with van der Waals surface area (Å²) in [5, 5.41) is 2.97. The highest BCUT2D eigenvalue weighted by Gasteiger charge is 2.37.